The lowest BCUT2D eigenvalue weighted by Gasteiger charge is -2.18. The van der Waals surface area contributed by atoms with Gasteiger partial charge in [0, 0.05) is 9.64 Å². The van der Waals surface area contributed by atoms with Crippen LogP contribution in [0.5, 0.6) is 0 Å². The van der Waals surface area contributed by atoms with Crippen LogP contribution in [-0.4, -0.2) is 4.75 Å². The van der Waals surface area contributed by atoms with Crippen molar-refractivity contribution in [3.05, 3.63) is 29.3 Å². The molecule has 1 nitrogen and oxygen atoms in total. The molecule has 0 spiro atoms. The molecule has 0 unspecified atom stereocenters. The van der Waals surface area contributed by atoms with Crippen molar-refractivity contribution in [3.8, 4) is 6.07 Å². The zero-order valence-corrected chi connectivity index (χ0v) is 9.90. The zero-order chi connectivity index (χ0) is 10.8. The van der Waals surface area contributed by atoms with E-state index in [1.807, 2.05) is 19.1 Å². The molecule has 0 radical (unpaired) electrons. The van der Waals surface area contributed by atoms with Crippen LogP contribution in [0.3, 0.4) is 0 Å². The molecule has 0 aromatic heterocycles. The van der Waals surface area contributed by atoms with Crippen molar-refractivity contribution >= 4 is 11.8 Å². The van der Waals surface area contributed by atoms with Crippen molar-refractivity contribution in [1.29, 1.82) is 5.26 Å². The van der Waals surface area contributed by atoms with Crippen LogP contribution in [0.25, 0.3) is 0 Å². The standard InChI is InChI=1S/C12H15NS/c1-9-5-6-11(10(7-9)8-13)14-12(2,3)4/h5-7H,1-4H3. The minimum Gasteiger partial charge on any atom is -0.192 e. The summed E-state index contributed by atoms with van der Waals surface area (Å²) in [4.78, 5) is 1.07. The summed E-state index contributed by atoms with van der Waals surface area (Å²) in [6, 6.07) is 8.26. The highest BCUT2D eigenvalue weighted by Gasteiger charge is 2.14. The van der Waals surface area contributed by atoms with E-state index in [2.05, 4.69) is 32.9 Å². The van der Waals surface area contributed by atoms with Crippen molar-refractivity contribution in [2.75, 3.05) is 0 Å². The lowest BCUT2D eigenvalue weighted by molar-refractivity contribution is 0.802. The van der Waals surface area contributed by atoms with Gasteiger partial charge in [-0.3, -0.25) is 0 Å². The fourth-order valence-electron chi connectivity index (χ4n) is 1.15. The second-order valence-electron chi connectivity index (χ2n) is 4.33. The van der Waals surface area contributed by atoms with Gasteiger partial charge in [0.25, 0.3) is 0 Å². The summed E-state index contributed by atoms with van der Waals surface area (Å²) >= 11 is 1.74. The third-order valence-corrected chi connectivity index (χ3v) is 2.86. The molecule has 2 heteroatoms. The van der Waals surface area contributed by atoms with Crippen LogP contribution in [0.1, 0.15) is 31.9 Å². The zero-order valence-electron chi connectivity index (χ0n) is 9.09. The van der Waals surface area contributed by atoms with Crippen molar-refractivity contribution in [2.24, 2.45) is 0 Å². The summed E-state index contributed by atoms with van der Waals surface area (Å²) in [5.41, 5.74) is 1.92. The summed E-state index contributed by atoms with van der Waals surface area (Å²) in [6.07, 6.45) is 0. The Hall–Kier alpha value is -0.940. The van der Waals surface area contributed by atoms with Crippen molar-refractivity contribution < 1.29 is 0 Å². The van der Waals surface area contributed by atoms with Crippen LogP contribution in [0.15, 0.2) is 23.1 Å². The topological polar surface area (TPSA) is 23.8 Å². The van der Waals surface area contributed by atoms with E-state index in [-0.39, 0.29) is 4.75 Å². The van der Waals surface area contributed by atoms with E-state index in [0.29, 0.717) is 0 Å². The largest absolute Gasteiger partial charge is 0.192 e. The summed E-state index contributed by atoms with van der Waals surface area (Å²) in [5, 5.41) is 8.98. The summed E-state index contributed by atoms with van der Waals surface area (Å²) < 4.78 is 0.154. The fourth-order valence-corrected chi connectivity index (χ4v) is 2.16. The SMILES string of the molecule is Cc1ccc(SC(C)(C)C)c(C#N)c1. The molecule has 0 aliphatic rings. The van der Waals surface area contributed by atoms with Crippen LogP contribution >= 0.6 is 11.8 Å². The molecule has 0 fully saturated rings. The third kappa shape index (κ3) is 3.08. The fraction of sp³-hybridized carbons (Fsp3) is 0.417. The number of benzene rings is 1. The van der Waals surface area contributed by atoms with Crippen molar-refractivity contribution in [3.63, 3.8) is 0 Å². The van der Waals surface area contributed by atoms with Gasteiger partial charge in [-0.2, -0.15) is 5.26 Å². The van der Waals surface area contributed by atoms with E-state index >= 15 is 0 Å². The molecule has 1 aromatic carbocycles. The Morgan fingerprint density at radius 2 is 1.93 bits per heavy atom. The number of aryl methyl sites for hydroxylation is 1. The van der Waals surface area contributed by atoms with Crippen LogP contribution < -0.4 is 0 Å². The van der Waals surface area contributed by atoms with Gasteiger partial charge in [0.1, 0.15) is 6.07 Å². The summed E-state index contributed by atoms with van der Waals surface area (Å²) in [5.74, 6) is 0. The van der Waals surface area contributed by atoms with E-state index in [9.17, 15) is 0 Å². The Balaban J connectivity index is 3.05. The third-order valence-electron chi connectivity index (χ3n) is 1.67. The summed E-state index contributed by atoms with van der Waals surface area (Å²) in [7, 11) is 0. The maximum absolute atomic E-state index is 8.98. The first kappa shape index (κ1) is 11.1. The minimum absolute atomic E-state index is 0.154. The number of thioether (sulfide) groups is 1. The maximum atomic E-state index is 8.98. The van der Waals surface area contributed by atoms with Crippen LogP contribution in [0, 0.1) is 18.3 Å². The van der Waals surface area contributed by atoms with Gasteiger partial charge in [-0.1, -0.05) is 26.8 Å². The normalized spacial score (nSPS) is 11.1. The van der Waals surface area contributed by atoms with Gasteiger partial charge < -0.3 is 0 Å². The summed E-state index contributed by atoms with van der Waals surface area (Å²) in [6.45, 7) is 8.46. The van der Waals surface area contributed by atoms with Crippen LogP contribution in [0.4, 0.5) is 0 Å². The van der Waals surface area contributed by atoms with Gasteiger partial charge >= 0.3 is 0 Å². The average Bonchev–Trinajstić information content (AvgIpc) is 2.06. The second-order valence-corrected chi connectivity index (χ2v) is 6.19. The molecule has 0 bridgehead atoms. The first-order valence-corrected chi connectivity index (χ1v) is 5.44. The number of nitriles is 1. The van der Waals surface area contributed by atoms with E-state index in [1.165, 1.54) is 0 Å². The number of nitrogens with zero attached hydrogens (tertiary/aromatic N) is 1. The molecule has 0 saturated carbocycles. The molecular weight excluding hydrogens is 190 g/mol. The van der Waals surface area contributed by atoms with Crippen molar-refractivity contribution in [1.82, 2.24) is 0 Å². The predicted octanol–water partition coefficient (Wildman–Crippen LogP) is 3.76. The van der Waals surface area contributed by atoms with Gasteiger partial charge in [0.15, 0.2) is 0 Å². The van der Waals surface area contributed by atoms with E-state index in [0.717, 1.165) is 16.0 Å². The predicted molar refractivity (Wildman–Crippen MR) is 61.5 cm³/mol. The number of rotatable bonds is 1. The highest BCUT2D eigenvalue weighted by molar-refractivity contribution is 8.00. The molecule has 14 heavy (non-hydrogen) atoms. The molecule has 74 valence electrons. The number of hydrogen-bond donors (Lipinski definition) is 0. The molecule has 1 rings (SSSR count). The maximum Gasteiger partial charge on any atom is 0.100 e. The quantitative estimate of drug-likeness (QED) is 0.652. The first-order valence-electron chi connectivity index (χ1n) is 4.62. The molecule has 0 saturated heterocycles. The molecule has 0 heterocycles. The highest BCUT2D eigenvalue weighted by atomic mass is 32.2. The Bertz CT molecular complexity index is 369. The highest BCUT2D eigenvalue weighted by Crippen LogP contribution is 2.34. The van der Waals surface area contributed by atoms with E-state index < -0.39 is 0 Å². The van der Waals surface area contributed by atoms with E-state index in [1.54, 1.807) is 11.8 Å². The smallest absolute Gasteiger partial charge is 0.100 e. The lowest BCUT2D eigenvalue weighted by Crippen LogP contribution is -2.07. The Morgan fingerprint density at radius 3 is 2.43 bits per heavy atom. The van der Waals surface area contributed by atoms with Gasteiger partial charge in [-0.05, 0) is 24.6 Å². The average molecular weight is 205 g/mol. The lowest BCUT2D eigenvalue weighted by atomic mass is 10.1. The van der Waals surface area contributed by atoms with Crippen LogP contribution in [0.2, 0.25) is 0 Å². The van der Waals surface area contributed by atoms with E-state index in [4.69, 9.17) is 5.26 Å². The number of hydrogen-bond acceptors (Lipinski definition) is 2. The Morgan fingerprint density at radius 1 is 1.29 bits per heavy atom. The Kier molecular flexibility index (Phi) is 3.23. The van der Waals surface area contributed by atoms with Crippen molar-refractivity contribution in [2.45, 2.75) is 37.3 Å². The van der Waals surface area contributed by atoms with Gasteiger partial charge in [-0.15, -0.1) is 11.8 Å². The molecule has 0 amide bonds. The van der Waals surface area contributed by atoms with Gasteiger partial charge in [0.05, 0.1) is 5.56 Å². The second kappa shape index (κ2) is 4.06. The first-order chi connectivity index (χ1) is 6.42. The van der Waals surface area contributed by atoms with Gasteiger partial charge in [-0.25, -0.2) is 0 Å². The van der Waals surface area contributed by atoms with Gasteiger partial charge in [0.2, 0.25) is 0 Å². The molecule has 0 atom stereocenters. The monoisotopic (exact) mass is 205 g/mol. The van der Waals surface area contributed by atoms with Crippen LogP contribution in [-0.2, 0) is 0 Å². The minimum atomic E-state index is 0.154. The molecule has 0 aliphatic heterocycles. The molecule has 0 N–H and O–H groups in total. The molecule has 0 aliphatic carbocycles. The molecular formula is C12H15NS. The molecule has 1 aromatic rings. The Labute approximate surface area is 90.1 Å².